The molecule has 0 heterocycles. The molecule has 0 spiro atoms. The molecule has 0 amide bonds. The lowest BCUT2D eigenvalue weighted by molar-refractivity contribution is 0.143. The van der Waals surface area contributed by atoms with Gasteiger partial charge in [0, 0.05) is 18.9 Å². The summed E-state index contributed by atoms with van der Waals surface area (Å²) in [6.07, 6.45) is 3.16. The highest BCUT2D eigenvalue weighted by Gasteiger charge is 1.91. The van der Waals surface area contributed by atoms with Crippen LogP contribution in [-0.2, 0) is 4.74 Å². The van der Waals surface area contributed by atoms with Crippen LogP contribution >= 0.6 is 11.8 Å². The van der Waals surface area contributed by atoms with Crippen molar-refractivity contribution in [3.05, 3.63) is 0 Å². The Morgan fingerprint density at radius 1 is 1.12 bits per heavy atom. The molecule has 96 valence electrons. The number of aliphatic imine (C=N–C) groups is 1. The number of nitrogens with zero attached hydrogens (tertiary/aromatic N) is 1. The van der Waals surface area contributed by atoms with Crippen LogP contribution < -0.4 is 0 Å². The first kappa shape index (κ1) is 15.9. The van der Waals surface area contributed by atoms with Crippen molar-refractivity contribution in [3.8, 4) is 0 Å². The van der Waals surface area contributed by atoms with E-state index in [0.717, 1.165) is 56.2 Å². The van der Waals surface area contributed by atoms with Gasteiger partial charge in [-0.05, 0) is 44.6 Å². The van der Waals surface area contributed by atoms with Gasteiger partial charge in [0.2, 0.25) is 0 Å². The smallest absolute Gasteiger partial charge is 0.0661 e. The molecule has 0 rings (SSSR count). The number of aliphatic hydroxyl groups excluding tert-OH is 1. The molecule has 0 aromatic carbocycles. The van der Waals surface area contributed by atoms with E-state index >= 15 is 0 Å². The average Bonchev–Trinajstić information content (AvgIpc) is 2.25. The van der Waals surface area contributed by atoms with Crippen LogP contribution in [0.4, 0.5) is 0 Å². The van der Waals surface area contributed by atoms with Gasteiger partial charge < -0.3 is 9.84 Å². The van der Waals surface area contributed by atoms with Crippen LogP contribution in [0, 0.1) is 0 Å². The molecule has 0 aliphatic heterocycles. The lowest BCUT2D eigenvalue weighted by Gasteiger charge is -2.03. The Morgan fingerprint density at radius 2 is 1.88 bits per heavy atom. The number of thioether (sulfide) groups is 1. The van der Waals surface area contributed by atoms with Crippen LogP contribution in [0.1, 0.15) is 33.1 Å². The van der Waals surface area contributed by atoms with Crippen molar-refractivity contribution in [1.82, 2.24) is 0 Å². The van der Waals surface area contributed by atoms with Crippen molar-refractivity contribution in [2.24, 2.45) is 4.99 Å². The van der Waals surface area contributed by atoms with E-state index in [1.54, 1.807) is 0 Å². The van der Waals surface area contributed by atoms with Crippen molar-refractivity contribution in [1.29, 1.82) is 0 Å². The van der Waals surface area contributed by atoms with Gasteiger partial charge in [-0.3, -0.25) is 4.99 Å². The van der Waals surface area contributed by atoms with Crippen LogP contribution in [0.5, 0.6) is 0 Å². The number of hydrogen-bond acceptors (Lipinski definition) is 4. The summed E-state index contributed by atoms with van der Waals surface area (Å²) in [5.41, 5.74) is 1.11. The fourth-order valence-electron chi connectivity index (χ4n) is 1.12. The normalized spacial score (nSPS) is 10.4. The molecule has 0 aromatic heterocycles. The molecule has 4 heteroatoms. The predicted molar refractivity (Wildman–Crippen MR) is 72.7 cm³/mol. The number of aliphatic hydroxyl groups is 1. The zero-order valence-electron chi connectivity index (χ0n) is 10.6. The van der Waals surface area contributed by atoms with Gasteiger partial charge >= 0.3 is 0 Å². The van der Waals surface area contributed by atoms with Crippen molar-refractivity contribution >= 4 is 17.5 Å². The summed E-state index contributed by atoms with van der Waals surface area (Å²) in [5.74, 6) is 2.31. The van der Waals surface area contributed by atoms with E-state index in [4.69, 9.17) is 9.84 Å². The van der Waals surface area contributed by atoms with E-state index in [2.05, 4.69) is 4.99 Å². The van der Waals surface area contributed by atoms with Crippen LogP contribution in [0.2, 0.25) is 0 Å². The summed E-state index contributed by atoms with van der Waals surface area (Å²) in [6.45, 7) is 6.69. The maximum absolute atomic E-state index is 8.59. The molecule has 0 aliphatic rings. The lowest BCUT2D eigenvalue weighted by Crippen LogP contribution is -2.02. The van der Waals surface area contributed by atoms with E-state index in [-0.39, 0.29) is 0 Å². The fourth-order valence-corrected chi connectivity index (χ4v) is 2.05. The van der Waals surface area contributed by atoms with E-state index in [9.17, 15) is 0 Å². The second-order valence-electron chi connectivity index (χ2n) is 3.84. The molecule has 16 heavy (non-hydrogen) atoms. The largest absolute Gasteiger partial charge is 0.396 e. The average molecular weight is 247 g/mol. The molecule has 0 saturated heterocycles. The fraction of sp³-hybridized carbons (Fsp3) is 0.917. The Hall–Kier alpha value is -0.0600. The van der Waals surface area contributed by atoms with Crippen LogP contribution in [0.15, 0.2) is 4.99 Å². The molecule has 0 fully saturated rings. The maximum atomic E-state index is 8.59. The molecule has 1 N–H and O–H groups in total. The lowest BCUT2D eigenvalue weighted by atomic mass is 10.4. The minimum absolute atomic E-state index is 0.320. The van der Waals surface area contributed by atoms with E-state index in [1.165, 1.54) is 0 Å². The molecule has 0 saturated carbocycles. The van der Waals surface area contributed by atoms with Gasteiger partial charge in [-0.15, -0.1) is 0 Å². The molecular weight excluding hydrogens is 222 g/mol. The Kier molecular flexibility index (Phi) is 13.0. The molecule has 0 atom stereocenters. The summed E-state index contributed by atoms with van der Waals surface area (Å²) in [6, 6.07) is 0. The number of ether oxygens (including phenoxy) is 1. The zero-order valence-corrected chi connectivity index (χ0v) is 11.4. The summed E-state index contributed by atoms with van der Waals surface area (Å²) in [5, 5.41) is 8.59. The summed E-state index contributed by atoms with van der Waals surface area (Å²) < 4.78 is 5.45. The molecule has 0 aromatic rings. The second-order valence-corrected chi connectivity index (χ2v) is 5.06. The Labute approximate surface area is 104 Å². The molecule has 0 aliphatic carbocycles. The van der Waals surface area contributed by atoms with Gasteiger partial charge in [-0.2, -0.15) is 11.8 Å². The highest BCUT2D eigenvalue weighted by atomic mass is 32.2. The van der Waals surface area contributed by atoms with Crippen LogP contribution in [0.25, 0.3) is 0 Å². The van der Waals surface area contributed by atoms with E-state index in [0.29, 0.717) is 6.61 Å². The SMILES string of the molecule is CC(C)=NCCOCCCSCCCCO. The monoisotopic (exact) mass is 247 g/mol. The standard InChI is InChI=1S/C12H25NO2S/c1-12(2)13-6-9-15-8-5-11-16-10-4-3-7-14/h14H,3-11H2,1-2H3. The maximum Gasteiger partial charge on any atom is 0.0661 e. The molecule has 0 unspecified atom stereocenters. The Morgan fingerprint density at radius 3 is 2.56 bits per heavy atom. The van der Waals surface area contributed by atoms with Gasteiger partial charge in [-0.1, -0.05) is 0 Å². The van der Waals surface area contributed by atoms with E-state index < -0.39 is 0 Å². The Balaban J connectivity index is 2.96. The predicted octanol–water partition coefficient (Wildman–Crippen LogP) is 2.38. The van der Waals surface area contributed by atoms with Gasteiger partial charge in [-0.25, -0.2) is 0 Å². The van der Waals surface area contributed by atoms with Crippen LogP contribution in [-0.4, -0.2) is 48.7 Å². The number of rotatable bonds is 11. The highest BCUT2D eigenvalue weighted by Crippen LogP contribution is 2.05. The van der Waals surface area contributed by atoms with Gasteiger partial charge in [0.1, 0.15) is 0 Å². The third-order valence-corrected chi connectivity index (χ3v) is 3.09. The molecule has 0 radical (unpaired) electrons. The quantitative estimate of drug-likeness (QED) is 0.450. The Bertz CT molecular complexity index is 170. The van der Waals surface area contributed by atoms with Crippen molar-refractivity contribution < 1.29 is 9.84 Å². The molecule has 0 bridgehead atoms. The van der Waals surface area contributed by atoms with E-state index in [1.807, 2.05) is 25.6 Å². The van der Waals surface area contributed by atoms with Gasteiger partial charge in [0.15, 0.2) is 0 Å². The molecule has 3 nitrogen and oxygen atoms in total. The summed E-state index contributed by atoms with van der Waals surface area (Å²) in [7, 11) is 0. The first-order valence-corrected chi connectivity index (χ1v) is 7.17. The minimum atomic E-state index is 0.320. The zero-order chi connectivity index (χ0) is 12.1. The topological polar surface area (TPSA) is 41.8 Å². The minimum Gasteiger partial charge on any atom is -0.396 e. The summed E-state index contributed by atoms with van der Waals surface area (Å²) >= 11 is 1.94. The summed E-state index contributed by atoms with van der Waals surface area (Å²) in [4.78, 5) is 4.26. The van der Waals surface area contributed by atoms with Crippen LogP contribution in [0.3, 0.4) is 0 Å². The number of unbranched alkanes of at least 4 members (excludes halogenated alkanes) is 1. The van der Waals surface area contributed by atoms with Crippen molar-refractivity contribution in [2.75, 3.05) is 37.9 Å². The highest BCUT2D eigenvalue weighted by molar-refractivity contribution is 7.99. The van der Waals surface area contributed by atoms with Crippen molar-refractivity contribution in [3.63, 3.8) is 0 Å². The second kappa shape index (κ2) is 13.0. The van der Waals surface area contributed by atoms with Gasteiger partial charge in [0.25, 0.3) is 0 Å². The third kappa shape index (κ3) is 13.9. The van der Waals surface area contributed by atoms with Gasteiger partial charge in [0.05, 0.1) is 13.2 Å². The number of hydrogen-bond donors (Lipinski definition) is 1. The first-order chi connectivity index (χ1) is 7.77. The first-order valence-electron chi connectivity index (χ1n) is 6.01. The molecular formula is C12H25NO2S. The van der Waals surface area contributed by atoms with Crippen molar-refractivity contribution in [2.45, 2.75) is 33.1 Å². The third-order valence-electron chi connectivity index (χ3n) is 1.94.